The van der Waals surface area contributed by atoms with E-state index < -0.39 is 17.3 Å². The first kappa shape index (κ1) is 20.4. The summed E-state index contributed by atoms with van der Waals surface area (Å²) in [5.41, 5.74) is 0.0453. The van der Waals surface area contributed by atoms with Gasteiger partial charge in [-0.1, -0.05) is 12.1 Å². The van der Waals surface area contributed by atoms with E-state index in [9.17, 15) is 18.0 Å². The molecule has 0 radical (unpaired) electrons. The molecule has 3 rings (SSSR count). The van der Waals surface area contributed by atoms with Crippen LogP contribution >= 0.6 is 0 Å². The number of ether oxygens (including phenoxy) is 1. The number of pyridine rings is 1. The maximum atomic E-state index is 13.3. The van der Waals surface area contributed by atoms with Crippen molar-refractivity contribution in [2.75, 3.05) is 13.1 Å². The van der Waals surface area contributed by atoms with E-state index in [-0.39, 0.29) is 11.5 Å². The van der Waals surface area contributed by atoms with Gasteiger partial charge in [0.05, 0.1) is 11.1 Å². The SMILES string of the molecule is CC(C)(C)OC(=O)N1CCC(Cc2ccc(C(F)(F)F)c3cccnc23)CC1. The van der Waals surface area contributed by atoms with Crippen LogP contribution in [0.25, 0.3) is 10.9 Å². The van der Waals surface area contributed by atoms with Crippen molar-refractivity contribution in [1.29, 1.82) is 0 Å². The van der Waals surface area contributed by atoms with Crippen molar-refractivity contribution in [2.45, 2.75) is 51.8 Å². The molecule has 1 aromatic carbocycles. The molecular weight excluding hydrogens is 369 g/mol. The summed E-state index contributed by atoms with van der Waals surface area (Å²) < 4.78 is 45.2. The Kier molecular flexibility index (Phi) is 5.55. The second-order valence-electron chi connectivity index (χ2n) is 8.28. The Morgan fingerprint density at radius 2 is 1.86 bits per heavy atom. The second kappa shape index (κ2) is 7.60. The molecular formula is C21H25F3N2O2. The molecule has 1 fully saturated rings. The van der Waals surface area contributed by atoms with Crippen molar-refractivity contribution >= 4 is 17.0 Å². The zero-order valence-corrected chi connectivity index (χ0v) is 16.3. The molecule has 2 aromatic rings. The van der Waals surface area contributed by atoms with Gasteiger partial charge in [0, 0.05) is 24.7 Å². The Morgan fingerprint density at radius 1 is 1.18 bits per heavy atom. The predicted octanol–water partition coefficient (Wildman–Crippen LogP) is 5.44. The lowest BCUT2D eigenvalue weighted by Gasteiger charge is -2.33. The summed E-state index contributed by atoms with van der Waals surface area (Å²) in [5, 5.41) is 0.138. The molecule has 152 valence electrons. The standard InChI is InChI=1S/C21H25F3N2O2/c1-20(2,3)28-19(27)26-11-8-14(9-12-26)13-15-6-7-17(21(22,23)24)16-5-4-10-25-18(15)16/h4-7,10,14H,8-9,11-13H2,1-3H3. The van der Waals surface area contributed by atoms with Gasteiger partial charge >= 0.3 is 12.3 Å². The van der Waals surface area contributed by atoms with E-state index >= 15 is 0 Å². The number of hydrogen-bond donors (Lipinski definition) is 0. The fraction of sp³-hybridized carbons (Fsp3) is 0.524. The van der Waals surface area contributed by atoms with Crippen LogP contribution in [0.5, 0.6) is 0 Å². The van der Waals surface area contributed by atoms with E-state index in [1.54, 1.807) is 11.0 Å². The van der Waals surface area contributed by atoms with Crippen LogP contribution < -0.4 is 0 Å². The zero-order valence-electron chi connectivity index (χ0n) is 16.3. The number of carbonyl (C=O) groups excluding carboxylic acids is 1. The molecule has 0 aliphatic carbocycles. The predicted molar refractivity (Wildman–Crippen MR) is 101 cm³/mol. The van der Waals surface area contributed by atoms with E-state index in [1.165, 1.54) is 18.3 Å². The zero-order chi connectivity index (χ0) is 20.5. The first-order valence-corrected chi connectivity index (χ1v) is 9.46. The maximum Gasteiger partial charge on any atom is 0.417 e. The van der Waals surface area contributed by atoms with E-state index in [2.05, 4.69) is 4.98 Å². The van der Waals surface area contributed by atoms with E-state index in [1.807, 2.05) is 20.8 Å². The van der Waals surface area contributed by atoms with Crippen LogP contribution in [0, 0.1) is 5.92 Å². The molecule has 1 aliphatic rings. The summed E-state index contributed by atoms with van der Waals surface area (Å²) in [6.07, 6.45) is -0.972. The quantitative estimate of drug-likeness (QED) is 0.681. The highest BCUT2D eigenvalue weighted by Crippen LogP contribution is 2.36. The minimum Gasteiger partial charge on any atom is -0.444 e. The third-order valence-electron chi connectivity index (χ3n) is 4.93. The third-order valence-corrected chi connectivity index (χ3v) is 4.93. The molecule has 0 saturated carbocycles. The molecule has 1 aliphatic heterocycles. The minimum absolute atomic E-state index is 0.138. The highest BCUT2D eigenvalue weighted by atomic mass is 19.4. The minimum atomic E-state index is -4.40. The number of piperidine rings is 1. The van der Waals surface area contributed by atoms with Gasteiger partial charge in [-0.3, -0.25) is 4.98 Å². The van der Waals surface area contributed by atoms with Crippen LogP contribution in [0.2, 0.25) is 0 Å². The van der Waals surface area contributed by atoms with Gasteiger partial charge in [0.1, 0.15) is 5.60 Å². The number of amides is 1. The highest BCUT2D eigenvalue weighted by Gasteiger charge is 2.33. The normalized spacial score (nSPS) is 16.4. The van der Waals surface area contributed by atoms with Gasteiger partial charge < -0.3 is 9.64 Å². The molecule has 1 saturated heterocycles. The molecule has 1 aromatic heterocycles. The van der Waals surface area contributed by atoms with E-state index in [0.29, 0.717) is 30.9 Å². The van der Waals surface area contributed by atoms with Crippen LogP contribution in [0.1, 0.15) is 44.7 Å². The van der Waals surface area contributed by atoms with Gasteiger partial charge in [-0.05, 0) is 63.6 Å². The summed E-state index contributed by atoms with van der Waals surface area (Å²) in [6, 6.07) is 5.69. The number of nitrogens with zero attached hydrogens (tertiary/aromatic N) is 2. The van der Waals surface area contributed by atoms with Crippen molar-refractivity contribution in [1.82, 2.24) is 9.88 Å². The number of likely N-dealkylation sites (tertiary alicyclic amines) is 1. The van der Waals surface area contributed by atoms with Crippen molar-refractivity contribution in [3.8, 4) is 0 Å². The lowest BCUT2D eigenvalue weighted by atomic mass is 9.88. The lowest BCUT2D eigenvalue weighted by Crippen LogP contribution is -2.42. The monoisotopic (exact) mass is 394 g/mol. The molecule has 1 amide bonds. The Bertz CT molecular complexity index is 851. The molecule has 4 nitrogen and oxygen atoms in total. The Balaban J connectivity index is 1.71. The van der Waals surface area contributed by atoms with Gasteiger partial charge in [0.25, 0.3) is 0 Å². The fourth-order valence-corrected chi connectivity index (χ4v) is 3.60. The van der Waals surface area contributed by atoms with Gasteiger partial charge in [-0.25, -0.2) is 4.79 Å². The summed E-state index contributed by atoms with van der Waals surface area (Å²) in [5.74, 6) is 0.292. The molecule has 0 N–H and O–H groups in total. The fourth-order valence-electron chi connectivity index (χ4n) is 3.60. The van der Waals surface area contributed by atoms with Gasteiger partial charge in [0.2, 0.25) is 0 Å². The van der Waals surface area contributed by atoms with Crippen LogP contribution in [0.4, 0.5) is 18.0 Å². The van der Waals surface area contributed by atoms with Crippen molar-refractivity contribution in [3.63, 3.8) is 0 Å². The summed E-state index contributed by atoms with van der Waals surface area (Å²) in [4.78, 5) is 18.1. The van der Waals surface area contributed by atoms with Crippen LogP contribution in [-0.2, 0) is 17.3 Å². The largest absolute Gasteiger partial charge is 0.444 e. The summed E-state index contributed by atoms with van der Waals surface area (Å²) in [7, 11) is 0. The first-order valence-electron chi connectivity index (χ1n) is 9.46. The van der Waals surface area contributed by atoms with Crippen LogP contribution in [0.3, 0.4) is 0 Å². The molecule has 2 heterocycles. The number of aromatic nitrogens is 1. The van der Waals surface area contributed by atoms with Crippen LogP contribution in [0.15, 0.2) is 30.5 Å². The average molecular weight is 394 g/mol. The molecule has 0 unspecified atom stereocenters. The smallest absolute Gasteiger partial charge is 0.417 e. The Labute approximate surface area is 162 Å². The number of fused-ring (bicyclic) bond motifs is 1. The Hall–Kier alpha value is -2.31. The number of halogens is 3. The van der Waals surface area contributed by atoms with Crippen molar-refractivity contribution in [3.05, 3.63) is 41.6 Å². The van der Waals surface area contributed by atoms with Gasteiger partial charge in [-0.2, -0.15) is 13.2 Å². The number of benzene rings is 1. The highest BCUT2D eigenvalue weighted by molar-refractivity contribution is 5.85. The Morgan fingerprint density at radius 3 is 2.46 bits per heavy atom. The topological polar surface area (TPSA) is 42.4 Å². The molecule has 0 bridgehead atoms. The van der Waals surface area contributed by atoms with Crippen LogP contribution in [-0.4, -0.2) is 34.7 Å². The van der Waals surface area contributed by atoms with E-state index in [0.717, 1.165) is 24.5 Å². The maximum absolute atomic E-state index is 13.3. The number of hydrogen-bond acceptors (Lipinski definition) is 3. The average Bonchev–Trinajstić information content (AvgIpc) is 2.60. The number of rotatable bonds is 2. The van der Waals surface area contributed by atoms with Gasteiger partial charge in [0.15, 0.2) is 0 Å². The third kappa shape index (κ3) is 4.75. The molecule has 0 atom stereocenters. The van der Waals surface area contributed by atoms with E-state index in [4.69, 9.17) is 4.74 Å². The number of carbonyl (C=O) groups is 1. The summed E-state index contributed by atoms with van der Waals surface area (Å²) >= 11 is 0. The molecule has 28 heavy (non-hydrogen) atoms. The lowest BCUT2D eigenvalue weighted by molar-refractivity contribution is -0.136. The first-order chi connectivity index (χ1) is 13.0. The van der Waals surface area contributed by atoms with Crippen molar-refractivity contribution in [2.24, 2.45) is 5.92 Å². The second-order valence-corrected chi connectivity index (χ2v) is 8.28. The number of alkyl halides is 3. The van der Waals surface area contributed by atoms with Crippen molar-refractivity contribution < 1.29 is 22.7 Å². The molecule has 7 heteroatoms. The summed E-state index contributed by atoms with van der Waals surface area (Å²) in [6.45, 7) is 6.68. The van der Waals surface area contributed by atoms with Gasteiger partial charge in [-0.15, -0.1) is 0 Å². The molecule has 0 spiro atoms.